The number of carbonyl (C=O) groups excluding carboxylic acids is 13. The summed E-state index contributed by atoms with van der Waals surface area (Å²) >= 11 is 0. The molecule has 1 rings (SSSR count). The van der Waals surface area contributed by atoms with Crippen LogP contribution in [0.5, 0.6) is 0 Å². The molecule has 1 aromatic rings. The second kappa shape index (κ2) is 46.2. The fourth-order valence-electron chi connectivity index (χ4n) is 9.84. The van der Waals surface area contributed by atoms with Crippen LogP contribution in [0.4, 0.5) is 0 Å². The number of rotatable bonds is 48. The number of primary amides is 1. The molecule has 0 spiro atoms. The quantitative estimate of drug-likeness (QED) is 0.0165. The van der Waals surface area contributed by atoms with E-state index in [0.717, 1.165) is 0 Å². The number of nitrogens with two attached hydrogens (primary N) is 6. The highest BCUT2D eigenvalue weighted by Gasteiger charge is 2.37. The number of hydrogen-bond donors (Lipinski definition) is 20. The van der Waals surface area contributed by atoms with E-state index in [-0.39, 0.29) is 94.6 Å². The van der Waals surface area contributed by atoms with E-state index in [1.165, 1.54) is 20.8 Å². The molecule has 0 aliphatic heterocycles. The van der Waals surface area contributed by atoms with Crippen LogP contribution in [0.1, 0.15) is 152 Å². The smallest absolute Gasteiger partial charge is 0.326 e. The molecule has 0 aromatic heterocycles. The van der Waals surface area contributed by atoms with E-state index in [9.17, 15) is 82.1 Å². The van der Waals surface area contributed by atoms with Crippen molar-refractivity contribution in [3.05, 3.63) is 35.9 Å². The number of guanidine groups is 2. The minimum atomic E-state index is -1.82. The largest absolute Gasteiger partial charge is 0.481 e. The third-order valence-corrected chi connectivity index (χ3v) is 16.0. The SMILES string of the molecule is CC[C@H](C)[C@H](NC(=O)[C@H](C)N)C(=O)N[C@@H](C)C(=O)N[C@@H](CCC(N)=O)C(=O)N[C@@H](CC(C)C)C(=O)N[C@@H](CC(C)C)C(=O)N[C@@H](CCCN=C(N)N)C(=O)N[C@@H](CCCN=C(N)N)C(=O)N[C@H](C(=O)NCC(=O)N[C@@H](CC(=O)O)C(=O)N[C@@H](C)C(=O)N[C@@H](Cc1ccccc1)C(=O)O)[C@@H](C)CC. The molecule has 102 heavy (non-hydrogen) atoms. The van der Waals surface area contributed by atoms with Gasteiger partial charge in [-0.1, -0.05) is 98.6 Å². The maximum Gasteiger partial charge on any atom is 0.326 e. The van der Waals surface area contributed by atoms with Crippen molar-refractivity contribution in [3.8, 4) is 0 Å². The summed E-state index contributed by atoms with van der Waals surface area (Å²) in [5, 5.41) is 49.4. The van der Waals surface area contributed by atoms with Crippen molar-refractivity contribution in [2.45, 2.75) is 226 Å². The van der Waals surface area contributed by atoms with Gasteiger partial charge < -0.3 is 108 Å². The van der Waals surface area contributed by atoms with Gasteiger partial charge in [0.15, 0.2) is 11.9 Å². The molecule has 1 aromatic carbocycles. The van der Waals surface area contributed by atoms with E-state index in [0.29, 0.717) is 12.0 Å². The summed E-state index contributed by atoms with van der Waals surface area (Å²) in [6.45, 7) is 16.7. The maximum absolute atomic E-state index is 14.6. The highest BCUT2D eigenvalue weighted by molar-refractivity contribution is 6.00. The third kappa shape index (κ3) is 35.2. The van der Waals surface area contributed by atoms with Crippen LogP contribution in [0, 0.1) is 23.7 Å². The Labute approximate surface area is 593 Å². The van der Waals surface area contributed by atoms with Gasteiger partial charge in [0.25, 0.3) is 0 Å². The number of carboxylic acid groups (broad SMARTS) is 2. The van der Waals surface area contributed by atoms with Gasteiger partial charge in [0.1, 0.15) is 66.5 Å². The van der Waals surface area contributed by atoms with Gasteiger partial charge >= 0.3 is 11.9 Å². The zero-order valence-corrected chi connectivity index (χ0v) is 60.1. The highest BCUT2D eigenvalue weighted by atomic mass is 16.4. The first kappa shape index (κ1) is 89.8. The summed E-state index contributed by atoms with van der Waals surface area (Å²) < 4.78 is 0. The van der Waals surface area contributed by atoms with Gasteiger partial charge in [-0.15, -0.1) is 0 Å². The first-order chi connectivity index (χ1) is 47.7. The molecule has 0 bridgehead atoms. The molecule has 0 saturated heterocycles. The lowest BCUT2D eigenvalue weighted by atomic mass is 9.97. The van der Waals surface area contributed by atoms with Crippen molar-refractivity contribution >= 4 is 101 Å². The Hall–Kier alpha value is -10.2. The van der Waals surface area contributed by atoms with Crippen molar-refractivity contribution < 1.29 is 82.1 Å². The van der Waals surface area contributed by atoms with E-state index in [2.05, 4.69) is 73.8 Å². The molecule has 0 unspecified atom stereocenters. The average Bonchev–Trinajstić information content (AvgIpc) is 0.886. The second-order valence-corrected chi connectivity index (χ2v) is 26.0. The predicted molar refractivity (Wildman–Crippen MR) is 375 cm³/mol. The lowest BCUT2D eigenvalue weighted by Gasteiger charge is -2.29. The fourth-order valence-corrected chi connectivity index (χ4v) is 9.84. The summed E-state index contributed by atoms with van der Waals surface area (Å²) in [6.07, 6.45) is -1.50. The number of hydrogen-bond acceptors (Lipinski definition) is 18. The Bertz CT molecular complexity index is 3070. The van der Waals surface area contributed by atoms with E-state index in [1.807, 2.05) is 0 Å². The molecule has 14 atom stereocenters. The van der Waals surface area contributed by atoms with E-state index in [1.54, 1.807) is 85.7 Å². The summed E-state index contributed by atoms with van der Waals surface area (Å²) in [5.74, 6) is -16.9. The predicted octanol–water partition coefficient (Wildman–Crippen LogP) is -4.82. The van der Waals surface area contributed by atoms with Gasteiger partial charge in [-0.05, 0) is 95.0 Å². The van der Waals surface area contributed by atoms with Crippen LogP contribution in [-0.2, 0) is 78.3 Å². The average molecular weight is 1440 g/mol. The Kier molecular flexibility index (Phi) is 40.7. The third-order valence-electron chi connectivity index (χ3n) is 16.0. The Morgan fingerprint density at radius 3 is 1.23 bits per heavy atom. The maximum atomic E-state index is 14.6. The van der Waals surface area contributed by atoms with Crippen LogP contribution < -0.4 is 98.2 Å². The number of carbonyl (C=O) groups is 15. The van der Waals surface area contributed by atoms with Crippen molar-refractivity contribution in [3.63, 3.8) is 0 Å². The topological polar surface area (TPSA) is 622 Å². The Balaban J connectivity index is 3.59. The fraction of sp³-hybridized carbons (Fsp3) is 0.646. The van der Waals surface area contributed by atoms with E-state index >= 15 is 0 Å². The van der Waals surface area contributed by atoms with Crippen molar-refractivity contribution in [2.24, 2.45) is 68.1 Å². The molecule has 37 heteroatoms. The van der Waals surface area contributed by atoms with Crippen molar-refractivity contribution in [1.82, 2.24) is 63.8 Å². The van der Waals surface area contributed by atoms with Gasteiger partial charge in [-0.2, -0.15) is 0 Å². The van der Waals surface area contributed by atoms with Gasteiger partial charge in [0, 0.05) is 25.9 Å². The first-order valence-electron chi connectivity index (χ1n) is 34.0. The number of nitrogens with one attached hydrogen (secondary N) is 12. The van der Waals surface area contributed by atoms with Gasteiger partial charge in [0.2, 0.25) is 76.8 Å². The molecule has 572 valence electrons. The molecule has 0 aliphatic rings. The summed E-state index contributed by atoms with van der Waals surface area (Å²) in [7, 11) is 0. The molecule has 37 nitrogen and oxygen atoms in total. The number of aliphatic imine (C=N–C) groups is 2. The lowest BCUT2D eigenvalue weighted by Crippen LogP contribution is -2.61. The molecule has 26 N–H and O–H groups in total. The minimum Gasteiger partial charge on any atom is -0.481 e. The van der Waals surface area contributed by atoms with Crippen LogP contribution in [-0.4, -0.2) is 203 Å². The summed E-state index contributed by atoms with van der Waals surface area (Å²) in [6, 6.07) is -8.39. The molecule has 0 radical (unpaired) electrons. The first-order valence-corrected chi connectivity index (χ1v) is 34.0. The molecular weight excluding hydrogens is 1330 g/mol. The van der Waals surface area contributed by atoms with Crippen LogP contribution >= 0.6 is 0 Å². The van der Waals surface area contributed by atoms with Crippen LogP contribution in [0.25, 0.3) is 0 Å². The summed E-state index contributed by atoms with van der Waals surface area (Å²) in [4.78, 5) is 210. The molecule has 0 fully saturated rings. The lowest BCUT2D eigenvalue weighted by molar-refractivity contribution is -0.143. The van der Waals surface area contributed by atoms with Crippen molar-refractivity contribution in [1.29, 1.82) is 0 Å². The van der Waals surface area contributed by atoms with Crippen molar-refractivity contribution in [2.75, 3.05) is 19.6 Å². The van der Waals surface area contributed by atoms with Gasteiger partial charge in [0.05, 0.1) is 19.0 Å². The monoisotopic (exact) mass is 1440 g/mol. The van der Waals surface area contributed by atoms with E-state index in [4.69, 9.17) is 34.4 Å². The molecule has 0 saturated carbocycles. The number of benzene rings is 1. The van der Waals surface area contributed by atoms with Crippen LogP contribution in [0.15, 0.2) is 40.3 Å². The molecular formula is C65H110N20O17. The second-order valence-electron chi connectivity index (χ2n) is 26.0. The highest BCUT2D eigenvalue weighted by Crippen LogP contribution is 2.15. The number of nitrogens with zero attached hydrogens (tertiary/aromatic N) is 2. The van der Waals surface area contributed by atoms with Gasteiger partial charge in [-0.3, -0.25) is 77.1 Å². The summed E-state index contributed by atoms with van der Waals surface area (Å²) in [5.41, 5.74) is 34.0. The van der Waals surface area contributed by atoms with E-state index < -0.39 is 192 Å². The molecule has 0 heterocycles. The zero-order chi connectivity index (χ0) is 77.7. The standard InChI is InChI=1S/C65H110N20O17/c1-12-34(7)50(61(99)74-31-48(87)77-45(30-49(88)89)58(96)75-37(10)54(92)83-46(63(101)102)29-39-19-15-14-16-20-39)85-57(95)41(22-18-26-73-65(70)71)79-55(93)40(21-17-25-72-64(68)69)80-59(97)43(27-32(3)4)82-60(98)44(28-33(5)6)81-56(94)42(23-24-47(67)86)78-53(91)38(11)76-62(100)51(35(8)13-2)84-52(90)36(9)66/h14-16,19-20,32-38,40-46,50-51H,12-13,17-18,21-31,66H2,1-11H3,(H2,67,86)(H,74,99)(H,75,96)(H,76,100)(H,77,87)(H,78,91)(H,79,93)(H,80,97)(H,81,94)(H,82,98)(H,83,92)(H,84,90)(H,85,95)(H,88,89)(H,101,102)(H4,68,69,72)(H4,70,71,73)/t34-,35-,36-,37-,38-,40-,41-,42-,43-,44-,45-,46-,50-,51-/m0/s1. The number of aliphatic carboxylic acids is 2. The number of carboxylic acids is 2. The van der Waals surface area contributed by atoms with Crippen LogP contribution in [0.2, 0.25) is 0 Å². The zero-order valence-electron chi connectivity index (χ0n) is 60.1. The van der Waals surface area contributed by atoms with Crippen LogP contribution in [0.3, 0.4) is 0 Å². The molecule has 13 amide bonds. The Morgan fingerprint density at radius 2 is 0.814 bits per heavy atom. The minimum absolute atomic E-state index is 0.0338. The Morgan fingerprint density at radius 1 is 0.431 bits per heavy atom. The number of amides is 13. The molecule has 0 aliphatic carbocycles. The van der Waals surface area contributed by atoms with Gasteiger partial charge in [-0.25, -0.2) is 4.79 Å². The normalized spacial score (nSPS) is 15.2.